The highest BCUT2D eigenvalue weighted by atomic mass is 28.2. The predicted molar refractivity (Wildman–Crippen MR) is 58.2 cm³/mol. The molecule has 0 unspecified atom stereocenters. The zero-order chi connectivity index (χ0) is 11.7. The molecule has 0 aliphatic heterocycles. The van der Waals surface area contributed by atoms with Gasteiger partial charge in [-0.25, -0.2) is 4.79 Å². The van der Waals surface area contributed by atoms with Crippen molar-refractivity contribution in [2.75, 3.05) is 20.8 Å². The number of esters is 1. The van der Waals surface area contributed by atoms with Gasteiger partial charge in [-0.3, -0.25) is 0 Å². The SMILES string of the molecule is CCCOC(=O)C(=CO[SiH3])C(OC)OC. The molecule has 0 heterocycles. The monoisotopic (exact) mass is 234 g/mol. The van der Waals surface area contributed by atoms with Crippen LogP contribution in [0.15, 0.2) is 11.8 Å². The van der Waals surface area contributed by atoms with Gasteiger partial charge in [-0.2, -0.15) is 0 Å². The molecular weight excluding hydrogens is 216 g/mol. The van der Waals surface area contributed by atoms with Crippen molar-refractivity contribution >= 4 is 16.5 Å². The maximum Gasteiger partial charge on any atom is 0.342 e. The molecule has 88 valence electrons. The van der Waals surface area contributed by atoms with Crippen molar-refractivity contribution in [3.05, 3.63) is 11.8 Å². The molecule has 0 aliphatic rings. The van der Waals surface area contributed by atoms with Crippen LogP contribution < -0.4 is 0 Å². The van der Waals surface area contributed by atoms with Crippen LogP contribution in [-0.4, -0.2) is 43.6 Å². The Morgan fingerprint density at radius 2 is 2.00 bits per heavy atom. The minimum atomic E-state index is -0.747. The summed E-state index contributed by atoms with van der Waals surface area (Å²) in [4.78, 5) is 11.5. The van der Waals surface area contributed by atoms with Crippen LogP contribution in [0.5, 0.6) is 0 Å². The van der Waals surface area contributed by atoms with Gasteiger partial charge in [0.2, 0.25) is 10.5 Å². The van der Waals surface area contributed by atoms with E-state index in [0.29, 0.717) is 17.1 Å². The molecule has 0 bridgehead atoms. The number of hydrogen-bond donors (Lipinski definition) is 0. The molecule has 0 aromatic carbocycles. The van der Waals surface area contributed by atoms with E-state index in [-0.39, 0.29) is 5.57 Å². The van der Waals surface area contributed by atoms with E-state index in [4.69, 9.17) is 18.6 Å². The van der Waals surface area contributed by atoms with Gasteiger partial charge in [-0.05, 0) is 6.42 Å². The minimum absolute atomic E-state index is 0.239. The van der Waals surface area contributed by atoms with Crippen LogP contribution in [0.1, 0.15) is 13.3 Å². The normalized spacial score (nSPS) is 11.9. The number of rotatable bonds is 7. The molecule has 0 radical (unpaired) electrons. The van der Waals surface area contributed by atoms with Crippen LogP contribution in [0.3, 0.4) is 0 Å². The molecule has 0 aromatic rings. The Morgan fingerprint density at radius 3 is 2.40 bits per heavy atom. The van der Waals surface area contributed by atoms with E-state index in [9.17, 15) is 4.79 Å². The highest BCUT2D eigenvalue weighted by Crippen LogP contribution is 2.09. The van der Waals surface area contributed by atoms with Crippen LogP contribution in [0.4, 0.5) is 0 Å². The molecule has 0 aromatic heterocycles. The molecule has 0 spiro atoms. The second-order valence-corrected chi connectivity index (χ2v) is 3.22. The molecule has 6 heteroatoms. The van der Waals surface area contributed by atoms with Crippen LogP contribution in [0.2, 0.25) is 0 Å². The van der Waals surface area contributed by atoms with Crippen LogP contribution in [0, 0.1) is 0 Å². The summed E-state index contributed by atoms with van der Waals surface area (Å²) in [7, 11) is 3.39. The molecule has 0 N–H and O–H groups in total. The molecule has 0 fully saturated rings. The summed E-state index contributed by atoms with van der Waals surface area (Å²) in [5.74, 6) is -0.471. The van der Waals surface area contributed by atoms with Gasteiger partial charge in [0.25, 0.3) is 0 Å². The number of hydrogen-bond acceptors (Lipinski definition) is 5. The van der Waals surface area contributed by atoms with Gasteiger partial charge in [0.15, 0.2) is 6.29 Å². The molecule has 0 rings (SSSR count). The first-order chi connectivity index (χ1) is 7.21. The summed E-state index contributed by atoms with van der Waals surface area (Å²) < 4.78 is 19.8. The highest BCUT2D eigenvalue weighted by molar-refractivity contribution is 5.99. The summed E-state index contributed by atoms with van der Waals surface area (Å²) in [5, 5.41) is 0. The van der Waals surface area contributed by atoms with Crippen molar-refractivity contribution in [3.8, 4) is 0 Å². The van der Waals surface area contributed by atoms with Crippen molar-refractivity contribution < 1.29 is 23.4 Å². The zero-order valence-electron chi connectivity index (χ0n) is 9.61. The van der Waals surface area contributed by atoms with Crippen LogP contribution >= 0.6 is 0 Å². The van der Waals surface area contributed by atoms with Crippen LogP contribution in [-0.2, 0) is 23.4 Å². The number of ether oxygens (including phenoxy) is 3. The Morgan fingerprint density at radius 1 is 1.40 bits per heavy atom. The first-order valence-electron chi connectivity index (χ1n) is 4.66. The Kier molecular flexibility index (Phi) is 7.97. The van der Waals surface area contributed by atoms with E-state index in [1.54, 1.807) is 0 Å². The van der Waals surface area contributed by atoms with E-state index < -0.39 is 12.3 Å². The second kappa shape index (κ2) is 8.45. The third kappa shape index (κ3) is 4.96. The van der Waals surface area contributed by atoms with E-state index in [1.807, 2.05) is 6.92 Å². The smallest absolute Gasteiger partial charge is 0.342 e. The van der Waals surface area contributed by atoms with Gasteiger partial charge in [-0.1, -0.05) is 6.92 Å². The average Bonchev–Trinajstić information content (AvgIpc) is 2.26. The molecule has 0 atom stereocenters. The Balaban J connectivity index is 4.50. The minimum Gasteiger partial charge on any atom is -0.558 e. The van der Waals surface area contributed by atoms with E-state index >= 15 is 0 Å². The lowest BCUT2D eigenvalue weighted by atomic mass is 10.3. The first-order valence-corrected chi connectivity index (χ1v) is 5.48. The maximum atomic E-state index is 11.5. The van der Waals surface area contributed by atoms with Gasteiger partial charge >= 0.3 is 5.97 Å². The Hall–Kier alpha value is -0.853. The zero-order valence-corrected chi connectivity index (χ0v) is 11.6. The molecule has 0 saturated carbocycles. The van der Waals surface area contributed by atoms with E-state index in [0.717, 1.165) is 6.42 Å². The van der Waals surface area contributed by atoms with Crippen LogP contribution in [0.25, 0.3) is 0 Å². The number of carbonyl (C=O) groups is 1. The van der Waals surface area contributed by atoms with Crippen molar-refractivity contribution in [3.63, 3.8) is 0 Å². The fourth-order valence-corrected chi connectivity index (χ4v) is 1.21. The average molecular weight is 234 g/mol. The number of carbonyl (C=O) groups excluding carboxylic acids is 1. The number of methoxy groups -OCH3 is 2. The third-order valence-electron chi connectivity index (χ3n) is 1.60. The standard InChI is InChI=1S/C9H18O5Si/c1-4-5-13-8(10)7(6-14-15)9(11-2)12-3/h6,9H,4-5H2,1-3,15H3. The maximum absolute atomic E-state index is 11.5. The fraction of sp³-hybridized carbons (Fsp3) is 0.667. The van der Waals surface area contributed by atoms with Crippen molar-refractivity contribution in [1.82, 2.24) is 0 Å². The fourth-order valence-electron chi connectivity index (χ4n) is 0.955. The first kappa shape index (κ1) is 14.1. The van der Waals surface area contributed by atoms with Gasteiger partial charge in [-0.15, -0.1) is 0 Å². The molecule has 0 amide bonds. The molecule has 0 saturated heterocycles. The quantitative estimate of drug-likeness (QED) is 0.200. The summed E-state index contributed by atoms with van der Waals surface area (Å²) in [6, 6.07) is 0. The lowest BCUT2D eigenvalue weighted by Gasteiger charge is -2.15. The largest absolute Gasteiger partial charge is 0.558 e. The lowest BCUT2D eigenvalue weighted by Crippen LogP contribution is -2.24. The van der Waals surface area contributed by atoms with Crippen molar-refractivity contribution in [2.45, 2.75) is 19.6 Å². The Bertz CT molecular complexity index is 213. The topological polar surface area (TPSA) is 54.0 Å². The molecular formula is C9H18O5Si. The molecule has 0 aliphatic carbocycles. The van der Waals surface area contributed by atoms with Gasteiger partial charge in [0.1, 0.15) is 5.57 Å². The summed E-state index contributed by atoms with van der Waals surface area (Å²) in [6.07, 6.45) is 1.34. The highest BCUT2D eigenvalue weighted by Gasteiger charge is 2.22. The third-order valence-corrected chi connectivity index (χ3v) is 1.84. The molecule has 5 nitrogen and oxygen atoms in total. The second-order valence-electron chi connectivity index (χ2n) is 2.75. The summed E-state index contributed by atoms with van der Waals surface area (Å²) in [6.45, 7) is 2.29. The van der Waals surface area contributed by atoms with Crippen molar-refractivity contribution in [2.24, 2.45) is 0 Å². The Labute approximate surface area is 92.9 Å². The summed E-state index contributed by atoms with van der Waals surface area (Å²) >= 11 is 0. The van der Waals surface area contributed by atoms with E-state index in [1.165, 1.54) is 20.5 Å². The van der Waals surface area contributed by atoms with Gasteiger partial charge < -0.3 is 18.6 Å². The van der Waals surface area contributed by atoms with Gasteiger partial charge in [0.05, 0.1) is 12.9 Å². The van der Waals surface area contributed by atoms with E-state index in [2.05, 4.69) is 0 Å². The molecule has 15 heavy (non-hydrogen) atoms. The summed E-state index contributed by atoms with van der Waals surface area (Å²) in [5.41, 5.74) is 0.239. The van der Waals surface area contributed by atoms with Crippen molar-refractivity contribution in [1.29, 1.82) is 0 Å². The lowest BCUT2D eigenvalue weighted by molar-refractivity contribution is -0.146. The predicted octanol–water partition coefficient (Wildman–Crippen LogP) is -0.261. The van der Waals surface area contributed by atoms with Gasteiger partial charge in [0, 0.05) is 14.2 Å².